The summed E-state index contributed by atoms with van der Waals surface area (Å²) in [5.74, 6) is 0. The Labute approximate surface area is 490 Å². The van der Waals surface area contributed by atoms with E-state index in [-0.39, 0.29) is 5.41 Å². The Morgan fingerprint density at radius 2 is 0.588 bits per heavy atom. The lowest BCUT2D eigenvalue weighted by atomic mass is 9.87. The van der Waals surface area contributed by atoms with Gasteiger partial charge in [-0.05, 0) is 173 Å². The lowest BCUT2D eigenvalue weighted by molar-refractivity contribution is 0.590. The first-order chi connectivity index (χ1) is 38.0. The van der Waals surface area contributed by atoms with E-state index in [2.05, 4.69) is 295 Å². The lowest BCUT2D eigenvalue weighted by Crippen LogP contribution is -2.10. The standard InChI is InChI=1S/C11H16.C10H14.2C9H12.2C9H10.2C8H10.C7H8/c1-9-5-7-10(8-6-9)11(2,3)4;1-7-5-8(2)10(4)9(3)6-7;1-7-4-8(2)6-9(3)5-7;1-7-4-5-8(2)9(3)6-7;2*1-2-6-9-7-4-3-5-8-9;1-7-3-5-8(2)6-4-7;1-2-8-6-4-3-5-7-8;1-7-5-3-2-4-6-7/h5-8H,1-4H3;5-6H,1-4H3;2*4-6H,1-3H3;2*2-8H,1H3;3-6H,1-2H3;3-7H,2H2,1H3;2-6H,1H3/b;;;;6-2+;6-2-;;;. The molecule has 0 saturated heterocycles. The highest BCUT2D eigenvalue weighted by atomic mass is 14.2. The molecule has 0 saturated carbocycles. The van der Waals surface area contributed by atoms with Crippen molar-refractivity contribution in [3.8, 4) is 0 Å². The van der Waals surface area contributed by atoms with E-state index in [1.165, 1.54) is 100 Å². The highest BCUT2D eigenvalue weighted by Crippen LogP contribution is 2.22. The van der Waals surface area contributed by atoms with Crippen molar-refractivity contribution in [1.82, 2.24) is 0 Å². The maximum absolute atomic E-state index is 2.23. The smallest absolute Gasteiger partial charge is 0.0132 e. The molecule has 0 bridgehead atoms. The number of rotatable bonds is 3. The molecule has 80 heavy (non-hydrogen) atoms. The Bertz CT molecular complexity index is 2890. The third-order valence-corrected chi connectivity index (χ3v) is 12.7. The molecule has 0 heteroatoms. The fourth-order valence-electron chi connectivity index (χ4n) is 7.80. The predicted octanol–water partition coefficient (Wildman–Crippen LogP) is 23.4. The molecule has 0 amide bonds. The van der Waals surface area contributed by atoms with Gasteiger partial charge in [-0.15, -0.1) is 0 Å². The first kappa shape index (κ1) is 70.5. The van der Waals surface area contributed by atoms with Crippen molar-refractivity contribution in [2.45, 2.75) is 150 Å². The Morgan fingerprint density at radius 1 is 0.287 bits per heavy atom. The largest absolute Gasteiger partial charge is 0.0871 e. The SMILES string of the molecule is C/C=C/c1ccccc1.C/C=C\c1ccccc1.CCc1ccccc1.Cc1cc(C)c(C)c(C)c1.Cc1cc(C)cc(C)c1.Cc1ccc(C(C)(C)C)cc1.Cc1ccc(C)c(C)c1.Cc1ccc(C)cc1.Cc1ccccc1. The first-order valence-corrected chi connectivity index (χ1v) is 28.6. The van der Waals surface area contributed by atoms with Crippen LogP contribution in [0, 0.1) is 96.9 Å². The van der Waals surface area contributed by atoms with E-state index in [0.29, 0.717) is 0 Å². The molecule has 0 atom stereocenters. The fourth-order valence-corrected chi connectivity index (χ4v) is 7.80. The highest BCUT2D eigenvalue weighted by molar-refractivity contribution is 5.48. The van der Waals surface area contributed by atoms with Crippen molar-refractivity contribution in [2.24, 2.45) is 0 Å². The highest BCUT2D eigenvalue weighted by Gasteiger charge is 2.12. The minimum atomic E-state index is 0.285. The maximum Gasteiger partial charge on any atom is -0.0132 e. The first-order valence-electron chi connectivity index (χ1n) is 28.6. The van der Waals surface area contributed by atoms with E-state index in [1.54, 1.807) is 0 Å². The summed E-state index contributed by atoms with van der Waals surface area (Å²) in [6.07, 6.45) is 9.38. The Hall–Kier alpha value is -7.54. The monoisotopic (exact) mass is 1060 g/mol. The summed E-state index contributed by atoms with van der Waals surface area (Å²) in [6.45, 7) is 42.7. The second kappa shape index (κ2) is 40.6. The molecule has 9 aromatic carbocycles. The zero-order chi connectivity index (χ0) is 59.9. The average molecular weight is 1060 g/mol. The van der Waals surface area contributed by atoms with E-state index >= 15 is 0 Å². The molecular formula is C80H102. The molecule has 0 fully saturated rings. The van der Waals surface area contributed by atoms with E-state index < -0.39 is 0 Å². The van der Waals surface area contributed by atoms with Crippen LogP contribution >= 0.6 is 0 Å². The van der Waals surface area contributed by atoms with Gasteiger partial charge in [0.1, 0.15) is 0 Å². The van der Waals surface area contributed by atoms with Crippen LogP contribution in [-0.2, 0) is 11.8 Å². The van der Waals surface area contributed by atoms with Gasteiger partial charge in [-0.3, -0.25) is 0 Å². The van der Waals surface area contributed by atoms with Gasteiger partial charge in [0.2, 0.25) is 0 Å². The van der Waals surface area contributed by atoms with Gasteiger partial charge in [-0.1, -0.05) is 320 Å². The van der Waals surface area contributed by atoms with Crippen LogP contribution in [0.25, 0.3) is 12.2 Å². The van der Waals surface area contributed by atoms with Crippen molar-refractivity contribution in [3.63, 3.8) is 0 Å². The molecule has 0 nitrogen and oxygen atoms in total. The molecular weight excluding hydrogens is 961 g/mol. The van der Waals surface area contributed by atoms with Crippen LogP contribution in [0.4, 0.5) is 0 Å². The van der Waals surface area contributed by atoms with Crippen LogP contribution in [0.3, 0.4) is 0 Å². The van der Waals surface area contributed by atoms with Crippen molar-refractivity contribution < 1.29 is 0 Å². The van der Waals surface area contributed by atoms with Gasteiger partial charge in [0.25, 0.3) is 0 Å². The average Bonchev–Trinajstić information content (AvgIpc) is 3.42. The topological polar surface area (TPSA) is 0 Å². The Balaban J connectivity index is 0.000000451. The van der Waals surface area contributed by atoms with Crippen molar-refractivity contribution in [1.29, 1.82) is 0 Å². The molecule has 0 radical (unpaired) electrons. The fraction of sp³-hybridized carbons (Fsp3) is 0.275. The van der Waals surface area contributed by atoms with Crippen LogP contribution in [0.2, 0.25) is 0 Å². The van der Waals surface area contributed by atoms with Crippen molar-refractivity contribution in [3.05, 3.63) is 331 Å². The number of hydrogen-bond acceptors (Lipinski definition) is 0. The summed E-state index contributed by atoms with van der Waals surface area (Å²) in [5.41, 5.74) is 24.7. The molecule has 0 aromatic heterocycles. The zero-order valence-corrected chi connectivity index (χ0v) is 53.3. The molecule has 9 rings (SSSR count). The second-order valence-electron chi connectivity index (χ2n) is 21.9. The number of hydrogen-bond donors (Lipinski definition) is 0. The summed E-state index contributed by atoms with van der Waals surface area (Å²) >= 11 is 0. The lowest BCUT2D eigenvalue weighted by Gasteiger charge is -2.18. The van der Waals surface area contributed by atoms with Gasteiger partial charge in [-0.25, -0.2) is 0 Å². The van der Waals surface area contributed by atoms with E-state index in [0.717, 1.165) is 6.42 Å². The Kier molecular flexibility index (Phi) is 35.8. The van der Waals surface area contributed by atoms with Gasteiger partial charge in [-0.2, -0.15) is 0 Å². The normalized spacial score (nSPS) is 9.95. The van der Waals surface area contributed by atoms with Gasteiger partial charge in [0.05, 0.1) is 0 Å². The third kappa shape index (κ3) is 34.4. The quantitative estimate of drug-likeness (QED) is 0.165. The minimum absolute atomic E-state index is 0.285. The molecule has 0 aliphatic rings. The van der Waals surface area contributed by atoms with Gasteiger partial charge < -0.3 is 0 Å². The summed E-state index contributed by atoms with van der Waals surface area (Å²) in [7, 11) is 0. The Morgan fingerprint density at radius 3 is 0.875 bits per heavy atom. The molecule has 0 heterocycles. The van der Waals surface area contributed by atoms with Crippen LogP contribution in [0.1, 0.15) is 142 Å². The second-order valence-corrected chi connectivity index (χ2v) is 21.9. The maximum atomic E-state index is 2.23. The number of allylic oxidation sites excluding steroid dienone is 2. The predicted molar refractivity (Wildman–Crippen MR) is 362 cm³/mol. The number of aryl methyl sites for hydroxylation is 14. The third-order valence-electron chi connectivity index (χ3n) is 12.7. The van der Waals surface area contributed by atoms with E-state index in [4.69, 9.17) is 0 Å². The molecule has 422 valence electrons. The molecule has 0 unspecified atom stereocenters. The zero-order valence-electron chi connectivity index (χ0n) is 53.3. The summed E-state index contributed by atoms with van der Waals surface area (Å²) in [4.78, 5) is 0. The summed E-state index contributed by atoms with van der Waals surface area (Å²) in [5, 5.41) is 0. The van der Waals surface area contributed by atoms with Gasteiger partial charge in [0.15, 0.2) is 0 Å². The van der Waals surface area contributed by atoms with E-state index in [1.807, 2.05) is 86.7 Å². The van der Waals surface area contributed by atoms with E-state index in [9.17, 15) is 0 Å². The molecule has 9 aromatic rings. The molecule has 0 aliphatic carbocycles. The van der Waals surface area contributed by atoms with Crippen molar-refractivity contribution in [2.75, 3.05) is 0 Å². The van der Waals surface area contributed by atoms with Crippen molar-refractivity contribution >= 4 is 12.2 Å². The summed E-state index contributed by atoms with van der Waals surface area (Å²) in [6, 6.07) is 76.0. The molecule has 0 N–H and O–H groups in total. The van der Waals surface area contributed by atoms with Gasteiger partial charge in [0, 0.05) is 0 Å². The molecule has 0 spiro atoms. The minimum Gasteiger partial charge on any atom is -0.0871 e. The van der Waals surface area contributed by atoms with Crippen LogP contribution in [0.5, 0.6) is 0 Å². The summed E-state index contributed by atoms with van der Waals surface area (Å²) < 4.78 is 0. The van der Waals surface area contributed by atoms with Crippen LogP contribution < -0.4 is 0 Å². The molecule has 0 aliphatic heterocycles. The number of benzene rings is 9. The van der Waals surface area contributed by atoms with Crippen LogP contribution in [0.15, 0.2) is 231 Å². The van der Waals surface area contributed by atoms with Crippen LogP contribution in [-0.4, -0.2) is 0 Å². The van der Waals surface area contributed by atoms with Gasteiger partial charge >= 0.3 is 0 Å².